The predicted molar refractivity (Wildman–Crippen MR) is 71.5 cm³/mol. The number of methoxy groups -OCH3 is 1. The molecule has 0 amide bonds. The van der Waals surface area contributed by atoms with Gasteiger partial charge in [-0.05, 0) is 31.5 Å². The molecular weight excluding hydrogens is 226 g/mol. The molecule has 1 heterocycles. The topological polar surface area (TPSA) is 49.9 Å². The van der Waals surface area contributed by atoms with Crippen molar-refractivity contribution in [1.82, 2.24) is 15.5 Å². The standard InChI is InChI=1S/C14H19N3O/c1-10(12-4-6-14(18-3)7-5-12)17-11(2)13-8-15-16-9-13/h4-11,17H,1-3H3,(H,15,16)/t10-,11?/m1/s1. The van der Waals surface area contributed by atoms with Crippen molar-refractivity contribution in [2.24, 2.45) is 0 Å². The van der Waals surface area contributed by atoms with Gasteiger partial charge >= 0.3 is 0 Å². The first-order valence-corrected chi connectivity index (χ1v) is 6.09. The van der Waals surface area contributed by atoms with Crippen molar-refractivity contribution in [3.05, 3.63) is 47.8 Å². The molecule has 1 aromatic carbocycles. The van der Waals surface area contributed by atoms with E-state index >= 15 is 0 Å². The third-order valence-electron chi connectivity index (χ3n) is 3.14. The van der Waals surface area contributed by atoms with Crippen LogP contribution in [0.25, 0.3) is 0 Å². The first-order valence-electron chi connectivity index (χ1n) is 6.09. The molecule has 1 aromatic heterocycles. The van der Waals surface area contributed by atoms with Crippen LogP contribution < -0.4 is 10.1 Å². The molecule has 0 aliphatic heterocycles. The fourth-order valence-corrected chi connectivity index (χ4v) is 1.96. The smallest absolute Gasteiger partial charge is 0.118 e. The molecule has 0 aliphatic rings. The van der Waals surface area contributed by atoms with Gasteiger partial charge in [-0.3, -0.25) is 5.10 Å². The van der Waals surface area contributed by atoms with E-state index in [-0.39, 0.29) is 12.1 Å². The summed E-state index contributed by atoms with van der Waals surface area (Å²) >= 11 is 0. The van der Waals surface area contributed by atoms with Crippen molar-refractivity contribution < 1.29 is 4.74 Å². The Morgan fingerprint density at radius 3 is 2.33 bits per heavy atom. The van der Waals surface area contributed by atoms with Crippen LogP contribution in [0.1, 0.15) is 37.1 Å². The number of rotatable bonds is 5. The molecule has 4 heteroatoms. The number of nitrogens with zero attached hydrogens (tertiary/aromatic N) is 1. The van der Waals surface area contributed by atoms with E-state index < -0.39 is 0 Å². The number of benzene rings is 1. The maximum Gasteiger partial charge on any atom is 0.118 e. The fraction of sp³-hybridized carbons (Fsp3) is 0.357. The largest absolute Gasteiger partial charge is 0.497 e. The van der Waals surface area contributed by atoms with Gasteiger partial charge in [0.2, 0.25) is 0 Å². The molecule has 2 atom stereocenters. The van der Waals surface area contributed by atoms with Crippen LogP contribution in [-0.2, 0) is 0 Å². The molecule has 0 bridgehead atoms. The highest BCUT2D eigenvalue weighted by Gasteiger charge is 2.11. The van der Waals surface area contributed by atoms with Crippen LogP contribution in [-0.4, -0.2) is 17.3 Å². The summed E-state index contributed by atoms with van der Waals surface area (Å²) in [5.41, 5.74) is 2.40. The van der Waals surface area contributed by atoms with Crippen LogP contribution in [0.5, 0.6) is 5.75 Å². The number of nitrogens with one attached hydrogen (secondary N) is 2. The highest BCUT2D eigenvalue weighted by Crippen LogP contribution is 2.20. The first-order chi connectivity index (χ1) is 8.70. The third-order valence-corrected chi connectivity index (χ3v) is 3.14. The second kappa shape index (κ2) is 5.69. The normalized spacial score (nSPS) is 14.2. The summed E-state index contributed by atoms with van der Waals surface area (Å²) in [6.45, 7) is 4.28. The van der Waals surface area contributed by atoms with Gasteiger partial charge in [0.1, 0.15) is 5.75 Å². The van der Waals surface area contributed by atoms with Gasteiger partial charge in [-0.2, -0.15) is 5.10 Å². The van der Waals surface area contributed by atoms with Crippen molar-refractivity contribution in [2.45, 2.75) is 25.9 Å². The van der Waals surface area contributed by atoms with Crippen LogP contribution in [0, 0.1) is 0 Å². The zero-order valence-electron chi connectivity index (χ0n) is 11.0. The Morgan fingerprint density at radius 1 is 1.11 bits per heavy atom. The Hall–Kier alpha value is -1.81. The second-order valence-corrected chi connectivity index (χ2v) is 4.41. The van der Waals surface area contributed by atoms with Gasteiger partial charge < -0.3 is 10.1 Å². The number of ether oxygens (including phenoxy) is 1. The molecule has 0 saturated carbocycles. The molecule has 2 N–H and O–H groups in total. The maximum atomic E-state index is 5.16. The van der Waals surface area contributed by atoms with Crippen LogP contribution in [0.3, 0.4) is 0 Å². The molecule has 0 spiro atoms. The zero-order chi connectivity index (χ0) is 13.0. The lowest BCUT2D eigenvalue weighted by Gasteiger charge is -2.19. The number of hydrogen-bond donors (Lipinski definition) is 2. The number of aromatic nitrogens is 2. The Morgan fingerprint density at radius 2 is 1.78 bits per heavy atom. The molecule has 18 heavy (non-hydrogen) atoms. The van der Waals surface area contributed by atoms with Gasteiger partial charge in [-0.1, -0.05) is 12.1 Å². The number of hydrogen-bond acceptors (Lipinski definition) is 3. The van der Waals surface area contributed by atoms with Crippen molar-refractivity contribution in [3.8, 4) is 5.75 Å². The highest BCUT2D eigenvalue weighted by molar-refractivity contribution is 5.29. The Labute approximate surface area is 107 Å². The van der Waals surface area contributed by atoms with Crippen LogP contribution in [0.4, 0.5) is 0 Å². The fourth-order valence-electron chi connectivity index (χ4n) is 1.96. The van der Waals surface area contributed by atoms with Crippen molar-refractivity contribution in [3.63, 3.8) is 0 Å². The summed E-state index contributed by atoms with van der Waals surface area (Å²) in [4.78, 5) is 0. The molecule has 2 rings (SSSR count). The molecule has 0 radical (unpaired) electrons. The lowest BCUT2D eigenvalue weighted by atomic mass is 10.1. The van der Waals surface area contributed by atoms with Crippen molar-refractivity contribution in [2.75, 3.05) is 7.11 Å². The average Bonchev–Trinajstić information content (AvgIpc) is 2.92. The molecule has 0 fully saturated rings. The zero-order valence-corrected chi connectivity index (χ0v) is 11.0. The van der Waals surface area contributed by atoms with E-state index in [0.717, 1.165) is 11.3 Å². The SMILES string of the molecule is COc1ccc([C@@H](C)NC(C)c2cn[nH]c2)cc1. The first kappa shape index (κ1) is 12.6. The highest BCUT2D eigenvalue weighted by atomic mass is 16.5. The molecule has 0 saturated heterocycles. The summed E-state index contributed by atoms with van der Waals surface area (Å²) in [7, 11) is 1.68. The monoisotopic (exact) mass is 245 g/mol. The summed E-state index contributed by atoms with van der Waals surface area (Å²) in [5, 5.41) is 10.3. The minimum atomic E-state index is 0.265. The van der Waals surface area contributed by atoms with Gasteiger partial charge in [-0.15, -0.1) is 0 Å². The van der Waals surface area contributed by atoms with E-state index in [1.165, 1.54) is 5.56 Å². The van der Waals surface area contributed by atoms with E-state index in [1.54, 1.807) is 7.11 Å². The molecular formula is C14H19N3O. The lowest BCUT2D eigenvalue weighted by Crippen LogP contribution is -2.22. The predicted octanol–water partition coefficient (Wildman–Crippen LogP) is 2.83. The van der Waals surface area contributed by atoms with Crippen LogP contribution >= 0.6 is 0 Å². The molecule has 2 aromatic rings. The summed E-state index contributed by atoms with van der Waals surface area (Å²) in [5.74, 6) is 0.883. The van der Waals surface area contributed by atoms with Crippen molar-refractivity contribution >= 4 is 0 Å². The Balaban J connectivity index is 2.00. The van der Waals surface area contributed by atoms with E-state index in [2.05, 4.69) is 41.5 Å². The quantitative estimate of drug-likeness (QED) is 0.851. The van der Waals surface area contributed by atoms with Gasteiger partial charge in [-0.25, -0.2) is 0 Å². The van der Waals surface area contributed by atoms with E-state index in [1.807, 2.05) is 24.5 Å². The summed E-state index contributed by atoms with van der Waals surface area (Å²) < 4.78 is 5.16. The third kappa shape index (κ3) is 2.90. The lowest BCUT2D eigenvalue weighted by molar-refractivity contribution is 0.414. The van der Waals surface area contributed by atoms with E-state index in [4.69, 9.17) is 4.74 Å². The van der Waals surface area contributed by atoms with E-state index in [9.17, 15) is 0 Å². The van der Waals surface area contributed by atoms with Gasteiger partial charge in [0.15, 0.2) is 0 Å². The Bertz CT molecular complexity index is 464. The minimum absolute atomic E-state index is 0.265. The maximum absolute atomic E-state index is 5.16. The molecule has 4 nitrogen and oxygen atoms in total. The van der Waals surface area contributed by atoms with Crippen LogP contribution in [0.2, 0.25) is 0 Å². The molecule has 0 aliphatic carbocycles. The van der Waals surface area contributed by atoms with Gasteiger partial charge in [0, 0.05) is 23.8 Å². The molecule has 96 valence electrons. The van der Waals surface area contributed by atoms with Gasteiger partial charge in [0.05, 0.1) is 13.3 Å². The Kier molecular flexibility index (Phi) is 3.99. The average molecular weight is 245 g/mol. The van der Waals surface area contributed by atoms with E-state index in [0.29, 0.717) is 0 Å². The van der Waals surface area contributed by atoms with Gasteiger partial charge in [0.25, 0.3) is 0 Å². The summed E-state index contributed by atoms with van der Waals surface area (Å²) in [6.07, 6.45) is 3.76. The molecule has 1 unspecified atom stereocenters. The van der Waals surface area contributed by atoms with Crippen LogP contribution in [0.15, 0.2) is 36.7 Å². The number of aromatic amines is 1. The second-order valence-electron chi connectivity index (χ2n) is 4.41. The summed E-state index contributed by atoms with van der Waals surface area (Å²) in [6, 6.07) is 8.67. The minimum Gasteiger partial charge on any atom is -0.497 e. The number of H-pyrrole nitrogens is 1. The van der Waals surface area contributed by atoms with Crippen molar-refractivity contribution in [1.29, 1.82) is 0 Å².